The molecular formula is C22H25N5O. The lowest BCUT2D eigenvalue weighted by molar-refractivity contribution is 0.102. The van der Waals surface area contributed by atoms with Crippen LogP contribution in [0, 0.1) is 0 Å². The van der Waals surface area contributed by atoms with Crippen LogP contribution >= 0.6 is 0 Å². The van der Waals surface area contributed by atoms with E-state index in [1.165, 1.54) is 5.69 Å². The number of likely N-dealkylation sites (N-methyl/N-ethyl adjacent to an activating group) is 1. The number of benzene rings is 2. The molecule has 0 unspecified atom stereocenters. The van der Waals surface area contributed by atoms with Crippen LogP contribution in [-0.2, 0) is 0 Å². The number of carbonyl (C=O) groups excluding carboxylic acids is 1. The number of hydrogen-bond donors (Lipinski definition) is 1. The van der Waals surface area contributed by atoms with Gasteiger partial charge in [0.1, 0.15) is 0 Å². The summed E-state index contributed by atoms with van der Waals surface area (Å²) >= 11 is 0. The van der Waals surface area contributed by atoms with Crippen LogP contribution in [0.15, 0.2) is 67.0 Å². The number of carbonyl (C=O) groups is 1. The maximum Gasteiger partial charge on any atom is 0.255 e. The zero-order valence-electron chi connectivity index (χ0n) is 16.1. The molecule has 0 bridgehead atoms. The van der Waals surface area contributed by atoms with Crippen molar-refractivity contribution in [3.8, 4) is 5.69 Å². The van der Waals surface area contributed by atoms with Crippen LogP contribution in [0.25, 0.3) is 5.69 Å². The van der Waals surface area contributed by atoms with Crippen molar-refractivity contribution in [2.45, 2.75) is 6.92 Å². The number of nitrogens with zero attached hydrogens (tertiary/aromatic N) is 4. The van der Waals surface area contributed by atoms with E-state index in [0.29, 0.717) is 5.56 Å². The number of nitrogens with one attached hydrogen (secondary N) is 1. The van der Waals surface area contributed by atoms with Gasteiger partial charge in [-0.15, -0.1) is 0 Å². The summed E-state index contributed by atoms with van der Waals surface area (Å²) in [6.07, 6.45) is 3.60. The Morgan fingerprint density at radius 2 is 1.64 bits per heavy atom. The molecule has 144 valence electrons. The highest BCUT2D eigenvalue weighted by Gasteiger charge is 2.15. The van der Waals surface area contributed by atoms with Crippen LogP contribution in [-0.4, -0.2) is 53.3 Å². The third kappa shape index (κ3) is 4.07. The monoisotopic (exact) mass is 375 g/mol. The molecule has 28 heavy (non-hydrogen) atoms. The average molecular weight is 375 g/mol. The third-order valence-electron chi connectivity index (χ3n) is 5.21. The molecule has 1 aliphatic heterocycles. The third-order valence-corrected chi connectivity index (χ3v) is 5.21. The molecule has 0 spiro atoms. The second-order valence-electron chi connectivity index (χ2n) is 6.92. The first-order chi connectivity index (χ1) is 13.7. The van der Waals surface area contributed by atoms with Crippen LogP contribution in [0.3, 0.4) is 0 Å². The predicted molar refractivity (Wildman–Crippen MR) is 112 cm³/mol. The standard InChI is InChI=1S/C22H25N5O/c1-2-25-14-16-26(17-15-25)20-10-6-19(7-11-20)24-22(28)18-4-8-21(9-5-18)27-13-3-12-23-27/h3-13H,2,14-17H2,1H3,(H,24,28). The quantitative estimate of drug-likeness (QED) is 0.744. The summed E-state index contributed by atoms with van der Waals surface area (Å²) in [5.74, 6) is -0.115. The Balaban J connectivity index is 1.37. The lowest BCUT2D eigenvalue weighted by Crippen LogP contribution is -2.46. The topological polar surface area (TPSA) is 53.4 Å². The minimum absolute atomic E-state index is 0.115. The van der Waals surface area contributed by atoms with Crippen molar-refractivity contribution in [2.75, 3.05) is 42.9 Å². The van der Waals surface area contributed by atoms with E-state index in [1.54, 1.807) is 10.9 Å². The molecule has 0 radical (unpaired) electrons. The Kier molecular flexibility index (Phi) is 5.39. The van der Waals surface area contributed by atoms with E-state index in [-0.39, 0.29) is 5.91 Å². The molecule has 3 aromatic rings. The SMILES string of the molecule is CCN1CCN(c2ccc(NC(=O)c3ccc(-n4cccn4)cc3)cc2)CC1. The Morgan fingerprint density at radius 3 is 2.25 bits per heavy atom. The first kappa shape index (κ1) is 18.3. The molecule has 2 heterocycles. The highest BCUT2D eigenvalue weighted by molar-refractivity contribution is 6.04. The molecule has 1 saturated heterocycles. The summed E-state index contributed by atoms with van der Waals surface area (Å²) in [5.41, 5.74) is 3.55. The van der Waals surface area contributed by atoms with Gasteiger partial charge in [-0.1, -0.05) is 6.92 Å². The molecule has 0 aliphatic carbocycles. The van der Waals surface area contributed by atoms with Gasteiger partial charge >= 0.3 is 0 Å². The molecule has 6 nitrogen and oxygen atoms in total. The predicted octanol–water partition coefficient (Wildman–Crippen LogP) is 3.27. The molecule has 1 aromatic heterocycles. The molecule has 1 amide bonds. The van der Waals surface area contributed by atoms with Gasteiger partial charge in [0.15, 0.2) is 0 Å². The Hall–Kier alpha value is -3.12. The van der Waals surface area contributed by atoms with Gasteiger partial charge in [-0.3, -0.25) is 4.79 Å². The van der Waals surface area contributed by atoms with Crippen LogP contribution in [0.1, 0.15) is 17.3 Å². The molecule has 6 heteroatoms. The lowest BCUT2D eigenvalue weighted by Gasteiger charge is -2.35. The Labute approximate surface area is 165 Å². The summed E-state index contributed by atoms with van der Waals surface area (Å²) < 4.78 is 1.76. The molecule has 0 atom stereocenters. The smallest absolute Gasteiger partial charge is 0.255 e. The number of anilines is 2. The first-order valence-electron chi connectivity index (χ1n) is 9.72. The molecule has 0 saturated carbocycles. The van der Waals surface area contributed by atoms with Gasteiger partial charge in [-0.05, 0) is 61.1 Å². The van der Waals surface area contributed by atoms with Gasteiger partial charge in [-0.25, -0.2) is 4.68 Å². The normalized spacial score (nSPS) is 14.8. The molecule has 4 rings (SSSR count). The lowest BCUT2D eigenvalue weighted by atomic mass is 10.2. The maximum atomic E-state index is 12.5. The van der Waals surface area contributed by atoms with Gasteiger partial charge in [0.05, 0.1) is 5.69 Å². The van der Waals surface area contributed by atoms with Crippen molar-refractivity contribution < 1.29 is 4.79 Å². The van der Waals surface area contributed by atoms with Gasteiger partial charge < -0.3 is 15.1 Å². The van der Waals surface area contributed by atoms with Crippen molar-refractivity contribution in [1.29, 1.82) is 0 Å². The largest absolute Gasteiger partial charge is 0.369 e. The number of hydrogen-bond acceptors (Lipinski definition) is 4. The summed E-state index contributed by atoms with van der Waals surface area (Å²) in [7, 11) is 0. The van der Waals surface area contributed by atoms with E-state index in [2.05, 4.69) is 39.3 Å². The van der Waals surface area contributed by atoms with Crippen LogP contribution in [0.5, 0.6) is 0 Å². The summed E-state index contributed by atoms with van der Waals surface area (Å²) in [5, 5.41) is 7.16. The second kappa shape index (κ2) is 8.27. The van der Waals surface area contributed by atoms with E-state index in [9.17, 15) is 4.79 Å². The van der Waals surface area contributed by atoms with Crippen molar-refractivity contribution in [2.24, 2.45) is 0 Å². The Morgan fingerprint density at radius 1 is 0.964 bits per heavy atom. The van der Waals surface area contributed by atoms with Gasteiger partial charge in [0.25, 0.3) is 5.91 Å². The maximum absolute atomic E-state index is 12.5. The number of piperazine rings is 1. The molecule has 1 aliphatic rings. The van der Waals surface area contributed by atoms with Crippen molar-refractivity contribution in [3.05, 3.63) is 72.6 Å². The number of rotatable bonds is 5. The van der Waals surface area contributed by atoms with Crippen molar-refractivity contribution >= 4 is 17.3 Å². The molecule has 2 aromatic carbocycles. The van der Waals surface area contributed by atoms with Crippen LogP contribution in [0.2, 0.25) is 0 Å². The second-order valence-corrected chi connectivity index (χ2v) is 6.92. The average Bonchev–Trinajstić information content (AvgIpc) is 3.29. The van der Waals surface area contributed by atoms with Crippen molar-refractivity contribution in [1.82, 2.24) is 14.7 Å². The molecule has 1 N–H and O–H groups in total. The van der Waals surface area contributed by atoms with E-state index < -0.39 is 0 Å². The molecular weight excluding hydrogens is 350 g/mol. The number of aromatic nitrogens is 2. The zero-order valence-corrected chi connectivity index (χ0v) is 16.1. The fraction of sp³-hybridized carbons (Fsp3) is 0.273. The van der Waals surface area contributed by atoms with E-state index in [4.69, 9.17) is 0 Å². The van der Waals surface area contributed by atoms with Crippen molar-refractivity contribution in [3.63, 3.8) is 0 Å². The highest BCUT2D eigenvalue weighted by Crippen LogP contribution is 2.20. The van der Waals surface area contributed by atoms with Gasteiger partial charge in [0.2, 0.25) is 0 Å². The fourth-order valence-corrected chi connectivity index (χ4v) is 3.47. The van der Waals surface area contributed by atoms with Gasteiger partial charge in [0, 0.05) is 55.5 Å². The van der Waals surface area contributed by atoms with E-state index in [1.807, 2.05) is 48.7 Å². The summed E-state index contributed by atoms with van der Waals surface area (Å²) in [6.45, 7) is 7.61. The minimum atomic E-state index is -0.115. The zero-order chi connectivity index (χ0) is 19.3. The number of amides is 1. The van der Waals surface area contributed by atoms with E-state index >= 15 is 0 Å². The van der Waals surface area contributed by atoms with Gasteiger partial charge in [-0.2, -0.15) is 5.10 Å². The van der Waals surface area contributed by atoms with Crippen LogP contribution < -0.4 is 10.2 Å². The highest BCUT2D eigenvalue weighted by atomic mass is 16.1. The van der Waals surface area contributed by atoms with E-state index in [0.717, 1.165) is 44.1 Å². The summed E-state index contributed by atoms with van der Waals surface area (Å²) in [4.78, 5) is 17.4. The fourth-order valence-electron chi connectivity index (χ4n) is 3.47. The summed E-state index contributed by atoms with van der Waals surface area (Å²) in [6, 6.07) is 17.4. The van der Waals surface area contributed by atoms with Crippen LogP contribution in [0.4, 0.5) is 11.4 Å². The minimum Gasteiger partial charge on any atom is -0.369 e. The Bertz CT molecular complexity index is 895. The first-order valence-corrected chi connectivity index (χ1v) is 9.72. The molecule has 1 fully saturated rings.